The Labute approximate surface area is 53.2 Å². The summed E-state index contributed by atoms with van der Waals surface area (Å²) in [6, 6.07) is 0. The molecule has 0 aromatic carbocycles. The minimum absolute atomic E-state index is 1.00. The van der Waals surface area contributed by atoms with Gasteiger partial charge in [0, 0.05) is 0 Å². The van der Waals surface area contributed by atoms with Crippen molar-refractivity contribution in [1.82, 2.24) is 0 Å². The summed E-state index contributed by atoms with van der Waals surface area (Å²) in [4.78, 5) is 0. The molecule has 0 amide bonds. The standard InChI is InChI=1S/C4H12N.C3H6/c1-5(2,3)4;1-3-2/h1-4H3;3H,1H2,2H3/q+1;. The number of hydrogen-bond acceptors (Lipinski definition) is 0. The molecule has 0 heterocycles. The summed E-state index contributed by atoms with van der Waals surface area (Å²) in [7, 11) is 8.50. The van der Waals surface area contributed by atoms with Gasteiger partial charge < -0.3 is 4.48 Å². The van der Waals surface area contributed by atoms with E-state index >= 15 is 0 Å². The molecule has 0 aliphatic rings. The first kappa shape index (κ1) is 10.6. The molecule has 0 aliphatic carbocycles. The summed E-state index contributed by atoms with van der Waals surface area (Å²) in [5, 5.41) is 0. The lowest BCUT2D eigenvalue weighted by Crippen LogP contribution is -2.27. The maximum Gasteiger partial charge on any atom is 0.0675 e. The quantitative estimate of drug-likeness (QED) is 0.332. The van der Waals surface area contributed by atoms with Crippen molar-refractivity contribution in [1.29, 1.82) is 0 Å². The van der Waals surface area contributed by atoms with Gasteiger partial charge in [0.2, 0.25) is 0 Å². The molecule has 0 aliphatic heterocycles. The molecule has 0 atom stereocenters. The van der Waals surface area contributed by atoms with E-state index in [0.717, 1.165) is 4.48 Å². The van der Waals surface area contributed by atoms with E-state index in [1.807, 2.05) is 6.92 Å². The molecule has 0 spiro atoms. The Morgan fingerprint density at radius 3 is 1.12 bits per heavy atom. The van der Waals surface area contributed by atoms with Crippen LogP contribution in [0.25, 0.3) is 0 Å². The van der Waals surface area contributed by atoms with E-state index in [2.05, 4.69) is 34.8 Å². The summed E-state index contributed by atoms with van der Waals surface area (Å²) >= 11 is 0. The Morgan fingerprint density at radius 1 is 1.12 bits per heavy atom. The normalized spacial score (nSPS) is 9.12. The third kappa shape index (κ3) is 1400. The van der Waals surface area contributed by atoms with Gasteiger partial charge in [0.15, 0.2) is 0 Å². The first-order valence-corrected chi connectivity index (χ1v) is 2.77. The molecular weight excluding hydrogens is 98.1 g/mol. The average Bonchev–Trinajstić information content (AvgIpc) is 1.27. The van der Waals surface area contributed by atoms with Crippen LogP contribution >= 0.6 is 0 Å². The molecule has 0 bridgehead atoms. The number of rotatable bonds is 0. The molecule has 0 aromatic heterocycles. The fourth-order valence-corrected chi connectivity index (χ4v) is 0. The Hall–Kier alpha value is -0.300. The minimum atomic E-state index is 1.00. The summed E-state index contributed by atoms with van der Waals surface area (Å²) in [6.07, 6.45) is 1.75. The molecule has 50 valence electrons. The van der Waals surface area contributed by atoms with Gasteiger partial charge in [-0.1, -0.05) is 6.08 Å². The number of allylic oxidation sites excluding steroid dienone is 1. The van der Waals surface area contributed by atoms with Crippen LogP contribution in [0.5, 0.6) is 0 Å². The molecule has 0 fully saturated rings. The van der Waals surface area contributed by atoms with Gasteiger partial charge in [-0.2, -0.15) is 0 Å². The Bertz CT molecular complexity index is 43.9. The number of nitrogens with zero attached hydrogens (tertiary/aromatic N) is 1. The maximum atomic E-state index is 3.36. The molecule has 1 heteroatoms. The van der Waals surface area contributed by atoms with Gasteiger partial charge in [-0.25, -0.2) is 0 Å². The van der Waals surface area contributed by atoms with Crippen LogP contribution in [0.15, 0.2) is 12.7 Å². The molecule has 8 heavy (non-hydrogen) atoms. The van der Waals surface area contributed by atoms with Crippen molar-refractivity contribution >= 4 is 0 Å². The first-order chi connectivity index (χ1) is 3.41. The van der Waals surface area contributed by atoms with Crippen molar-refractivity contribution in [2.45, 2.75) is 6.92 Å². The predicted molar refractivity (Wildman–Crippen MR) is 39.8 cm³/mol. The van der Waals surface area contributed by atoms with E-state index in [1.165, 1.54) is 0 Å². The van der Waals surface area contributed by atoms with Crippen molar-refractivity contribution < 1.29 is 4.48 Å². The summed E-state index contributed by atoms with van der Waals surface area (Å²) in [5.74, 6) is 0. The Kier molecular flexibility index (Phi) is 6.45. The van der Waals surface area contributed by atoms with E-state index in [0.29, 0.717) is 0 Å². The van der Waals surface area contributed by atoms with Crippen molar-refractivity contribution in [2.24, 2.45) is 0 Å². The van der Waals surface area contributed by atoms with Crippen molar-refractivity contribution in [3.8, 4) is 0 Å². The smallest absolute Gasteiger partial charge is 0.0675 e. The van der Waals surface area contributed by atoms with Gasteiger partial charge in [-0.3, -0.25) is 0 Å². The predicted octanol–water partition coefficient (Wildman–Crippen LogP) is 1.51. The van der Waals surface area contributed by atoms with Crippen molar-refractivity contribution in [3.05, 3.63) is 12.7 Å². The van der Waals surface area contributed by atoms with Crippen LogP contribution in [-0.2, 0) is 0 Å². The summed E-state index contributed by atoms with van der Waals surface area (Å²) < 4.78 is 1.00. The SMILES string of the molecule is C=CC.C[N+](C)(C)C. The van der Waals surface area contributed by atoms with E-state index in [-0.39, 0.29) is 0 Å². The van der Waals surface area contributed by atoms with E-state index in [4.69, 9.17) is 0 Å². The second-order valence-corrected chi connectivity index (χ2v) is 3.09. The zero-order valence-electron chi connectivity index (χ0n) is 6.73. The highest BCUT2D eigenvalue weighted by Crippen LogP contribution is 1.73. The molecule has 0 aromatic rings. The molecule has 1 nitrogen and oxygen atoms in total. The minimum Gasteiger partial charge on any atom is -0.333 e. The Morgan fingerprint density at radius 2 is 1.12 bits per heavy atom. The zero-order valence-corrected chi connectivity index (χ0v) is 6.73. The third-order valence-corrected chi connectivity index (χ3v) is 0. The fourth-order valence-electron chi connectivity index (χ4n) is 0. The second kappa shape index (κ2) is 4.85. The van der Waals surface area contributed by atoms with Gasteiger partial charge in [0.05, 0.1) is 28.2 Å². The molecule has 0 N–H and O–H groups in total. The molecule has 0 radical (unpaired) electrons. The topological polar surface area (TPSA) is 0 Å². The van der Waals surface area contributed by atoms with Gasteiger partial charge in [-0.15, -0.1) is 6.58 Å². The lowest BCUT2D eigenvalue weighted by Gasteiger charge is -2.14. The van der Waals surface area contributed by atoms with Gasteiger partial charge in [-0.05, 0) is 6.92 Å². The largest absolute Gasteiger partial charge is 0.333 e. The first-order valence-electron chi connectivity index (χ1n) is 2.77. The van der Waals surface area contributed by atoms with Crippen molar-refractivity contribution in [2.75, 3.05) is 28.2 Å². The van der Waals surface area contributed by atoms with Crippen LogP contribution in [-0.4, -0.2) is 32.7 Å². The van der Waals surface area contributed by atoms with E-state index < -0.39 is 0 Å². The van der Waals surface area contributed by atoms with Crippen LogP contribution in [0.3, 0.4) is 0 Å². The van der Waals surface area contributed by atoms with Crippen LogP contribution in [0.1, 0.15) is 6.92 Å². The highest BCUT2D eigenvalue weighted by Gasteiger charge is 1.88. The van der Waals surface area contributed by atoms with Crippen molar-refractivity contribution in [3.63, 3.8) is 0 Å². The highest BCUT2D eigenvalue weighted by atomic mass is 15.2. The maximum absolute atomic E-state index is 3.36. The van der Waals surface area contributed by atoms with Gasteiger partial charge >= 0.3 is 0 Å². The summed E-state index contributed by atoms with van der Waals surface area (Å²) in [5.41, 5.74) is 0. The van der Waals surface area contributed by atoms with Crippen LogP contribution in [0, 0.1) is 0 Å². The lowest BCUT2D eigenvalue weighted by molar-refractivity contribution is -0.849. The second-order valence-electron chi connectivity index (χ2n) is 3.09. The summed E-state index contributed by atoms with van der Waals surface area (Å²) in [6.45, 7) is 5.25. The zero-order chi connectivity index (χ0) is 7.21. The Balaban J connectivity index is 0. The third-order valence-electron chi connectivity index (χ3n) is 0. The molecule has 0 saturated carbocycles. The fraction of sp³-hybridized carbons (Fsp3) is 0.714. The van der Waals surface area contributed by atoms with Crippen LogP contribution in [0.4, 0.5) is 0 Å². The molecular formula is C7H18N+. The van der Waals surface area contributed by atoms with E-state index in [1.54, 1.807) is 6.08 Å². The average molecular weight is 116 g/mol. The highest BCUT2D eigenvalue weighted by molar-refractivity contribution is 4.51. The monoisotopic (exact) mass is 116 g/mol. The van der Waals surface area contributed by atoms with Gasteiger partial charge in [0.25, 0.3) is 0 Å². The molecule has 0 unspecified atom stereocenters. The van der Waals surface area contributed by atoms with E-state index in [9.17, 15) is 0 Å². The van der Waals surface area contributed by atoms with Crippen LogP contribution < -0.4 is 0 Å². The van der Waals surface area contributed by atoms with Gasteiger partial charge in [0.1, 0.15) is 0 Å². The molecule has 0 saturated heterocycles. The lowest BCUT2D eigenvalue weighted by atomic mass is 10.8. The molecule has 0 rings (SSSR count). The number of hydrogen-bond donors (Lipinski definition) is 0. The van der Waals surface area contributed by atoms with Crippen LogP contribution in [0.2, 0.25) is 0 Å². The number of quaternary nitrogens is 1.